The molecule has 0 radical (unpaired) electrons. The van der Waals surface area contributed by atoms with Gasteiger partial charge in [-0.1, -0.05) is 24.3 Å². The molecule has 29 heavy (non-hydrogen) atoms. The Morgan fingerprint density at radius 3 is 2.14 bits per heavy atom. The lowest BCUT2D eigenvalue weighted by Gasteiger charge is -2.16. The fraction of sp³-hybridized carbons (Fsp3) is 0.333. The smallest absolute Gasteiger partial charge is 0.255 e. The van der Waals surface area contributed by atoms with Crippen molar-refractivity contribution in [2.45, 2.75) is 13.1 Å². The molecule has 0 saturated heterocycles. The number of benzene rings is 2. The van der Waals surface area contributed by atoms with E-state index in [2.05, 4.69) is 10.2 Å². The lowest BCUT2D eigenvalue weighted by molar-refractivity contribution is -0.120. The summed E-state index contributed by atoms with van der Waals surface area (Å²) in [7, 11) is 6.86. The molecule has 156 valence electrons. The minimum atomic E-state index is -0.632. The molecule has 0 spiro atoms. The van der Waals surface area contributed by atoms with E-state index in [1.807, 2.05) is 38.4 Å². The van der Waals surface area contributed by atoms with Crippen molar-refractivity contribution in [2.75, 3.05) is 34.9 Å². The Hall–Kier alpha value is -3.26. The fourth-order valence-corrected chi connectivity index (χ4v) is 2.80. The highest BCUT2D eigenvalue weighted by molar-refractivity contribution is 5.95. The van der Waals surface area contributed by atoms with Crippen LogP contribution in [0.2, 0.25) is 0 Å². The summed E-state index contributed by atoms with van der Waals surface area (Å²) in [6.07, 6.45) is 0. The van der Waals surface area contributed by atoms with E-state index in [1.165, 1.54) is 26.4 Å². The van der Waals surface area contributed by atoms with Gasteiger partial charge in [0, 0.05) is 18.7 Å². The van der Waals surface area contributed by atoms with Crippen LogP contribution in [0.25, 0.3) is 0 Å². The number of methoxy groups -OCH3 is 2. The van der Waals surface area contributed by atoms with Crippen LogP contribution in [-0.4, -0.2) is 51.6 Å². The minimum absolute atomic E-state index is 0.210. The first-order valence-corrected chi connectivity index (χ1v) is 9.02. The second-order valence-corrected chi connectivity index (χ2v) is 6.65. The van der Waals surface area contributed by atoms with Gasteiger partial charge in [-0.05, 0) is 37.4 Å². The predicted octanol–water partition coefficient (Wildman–Crippen LogP) is 1.56. The standard InChI is InChI=1S/C21H27N3O5/c1-24(2)12-15-8-6-5-7-14(15)11-23-21(26)16-9-17(27-3)20(18(10-16)28-4)29-13-19(22)25/h5-10H,11-13H2,1-4H3,(H2,22,25)(H,23,26). The van der Waals surface area contributed by atoms with Crippen LogP contribution in [0.4, 0.5) is 0 Å². The molecule has 0 unspecified atom stereocenters. The number of amides is 2. The maximum Gasteiger partial charge on any atom is 0.255 e. The molecular weight excluding hydrogens is 374 g/mol. The van der Waals surface area contributed by atoms with Crippen molar-refractivity contribution in [1.29, 1.82) is 0 Å². The zero-order valence-electron chi connectivity index (χ0n) is 17.2. The van der Waals surface area contributed by atoms with Gasteiger partial charge in [0.2, 0.25) is 5.75 Å². The van der Waals surface area contributed by atoms with E-state index in [-0.39, 0.29) is 29.8 Å². The molecule has 8 nitrogen and oxygen atoms in total. The second-order valence-electron chi connectivity index (χ2n) is 6.65. The van der Waals surface area contributed by atoms with Gasteiger partial charge < -0.3 is 30.2 Å². The zero-order chi connectivity index (χ0) is 21.4. The largest absolute Gasteiger partial charge is 0.493 e. The maximum atomic E-state index is 12.7. The normalized spacial score (nSPS) is 10.5. The number of primary amides is 1. The molecule has 2 aromatic carbocycles. The van der Waals surface area contributed by atoms with Crippen LogP contribution in [0.3, 0.4) is 0 Å². The van der Waals surface area contributed by atoms with E-state index in [0.717, 1.165) is 17.7 Å². The van der Waals surface area contributed by atoms with Crippen LogP contribution in [0.1, 0.15) is 21.5 Å². The number of nitrogens with two attached hydrogens (primary N) is 1. The molecular formula is C21H27N3O5. The molecule has 0 aliphatic heterocycles. The van der Waals surface area contributed by atoms with Crippen molar-refractivity contribution in [3.05, 3.63) is 53.1 Å². The Kier molecular flexibility index (Phi) is 7.85. The Balaban J connectivity index is 2.20. The Labute approximate surface area is 170 Å². The number of rotatable bonds is 10. The molecule has 0 fully saturated rings. The second kappa shape index (κ2) is 10.3. The van der Waals surface area contributed by atoms with Gasteiger partial charge in [0.15, 0.2) is 18.1 Å². The Bertz CT molecular complexity index is 842. The molecule has 0 bridgehead atoms. The third-order valence-electron chi connectivity index (χ3n) is 4.13. The van der Waals surface area contributed by atoms with Gasteiger partial charge in [-0.25, -0.2) is 0 Å². The van der Waals surface area contributed by atoms with Crippen molar-refractivity contribution < 1.29 is 23.8 Å². The molecule has 2 amide bonds. The van der Waals surface area contributed by atoms with Gasteiger partial charge in [-0.15, -0.1) is 0 Å². The van der Waals surface area contributed by atoms with Gasteiger partial charge in [0.1, 0.15) is 0 Å². The molecule has 0 aromatic heterocycles. The molecule has 0 atom stereocenters. The highest BCUT2D eigenvalue weighted by Gasteiger charge is 2.18. The maximum absolute atomic E-state index is 12.7. The van der Waals surface area contributed by atoms with E-state index in [0.29, 0.717) is 12.1 Å². The molecule has 0 aliphatic rings. The van der Waals surface area contributed by atoms with Crippen LogP contribution in [-0.2, 0) is 17.9 Å². The summed E-state index contributed by atoms with van der Waals surface area (Å²) in [4.78, 5) is 25.8. The Morgan fingerprint density at radius 2 is 1.62 bits per heavy atom. The van der Waals surface area contributed by atoms with Crippen LogP contribution in [0.5, 0.6) is 17.2 Å². The first-order valence-electron chi connectivity index (χ1n) is 9.02. The van der Waals surface area contributed by atoms with Crippen molar-refractivity contribution in [3.8, 4) is 17.2 Å². The van der Waals surface area contributed by atoms with Crippen LogP contribution >= 0.6 is 0 Å². The number of ether oxygens (including phenoxy) is 3. The summed E-state index contributed by atoms with van der Waals surface area (Å²) in [5, 5.41) is 2.92. The van der Waals surface area contributed by atoms with E-state index in [1.54, 1.807) is 0 Å². The van der Waals surface area contributed by atoms with Crippen LogP contribution < -0.4 is 25.3 Å². The first-order chi connectivity index (χ1) is 13.8. The van der Waals surface area contributed by atoms with Gasteiger partial charge in [0.25, 0.3) is 11.8 Å². The van der Waals surface area contributed by atoms with Crippen molar-refractivity contribution >= 4 is 11.8 Å². The fourth-order valence-electron chi connectivity index (χ4n) is 2.80. The highest BCUT2D eigenvalue weighted by atomic mass is 16.5. The lowest BCUT2D eigenvalue weighted by Crippen LogP contribution is -2.24. The zero-order valence-corrected chi connectivity index (χ0v) is 17.2. The van der Waals surface area contributed by atoms with Crippen molar-refractivity contribution in [3.63, 3.8) is 0 Å². The van der Waals surface area contributed by atoms with E-state index in [9.17, 15) is 9.59 Å². The number of carbonyl (C=O) groups excluding carboxylic acids is 2. The van der Waals surface area contributed by atoms with Crippen molar-refractivity contribution in [2.24, 2.45) is 5.73 Å². The first kappa shape index (κ1) is 22.0. The van der Waals surface area contributed by atoms with Gasteiger partial charge in [0.05, 0.1) is 14.2 Å². The number of hydrogen-bond donors (Lipinski definition) is 2. The summed E-state index contributed by atoms with van der Waals surface area (Å²) >= 11 is 0. The number of nitrogens with one attached hydrogen (secondary N) is 1. The third kappa shape index (κ3) is 6.11. The summed E-state index contributed by atoms with van der Waals surface area (Å²) in [5.41, 5.74) is 7.65. The monoisotopic (exact) mass is 401 g/mol. The summed E-state index contributed by atoms with van der Waals surface area (Å²) in [5.74, 6) is -0.177. The third-order valence-corrected chi connectivity index (χ3v) is 4.13. The van der Waals surface area contributed by atoms with Gasteiger partial charge >= 0.3 is 0 Å². The van der Waals surface area contributed by atoms with Gasteiger partial charge in [-0.3, -0.25) is 9.59 Å². The van der Waals surface area contributed by atoms with Gasteiger partial charge in [-0.2, -0.15) is 0 Å². The number of nitrogens with zero attached hydrogens (tertiary/aromatic N) is 1. The molecule has 0 aliphatic carbocycles. The van der Waals surface area contributed by atoms with E-state index < -0.39 is 5.91 Å². The summed E-state index contributed by atoms with van der Waals surface area (Å²) in [6.45, 7) is 0.827. The van der Waals surface area contributed by atoms with Crippen molar-refractivity contribution in [1.82, 2.24) is 10.2 Å². The molecule has 8 heteroatoms. The molecule has 2 aromatic rings. The van der Waals surface area contributed by atoms with Crippen LogP contribution in [0, 0.1) is 0 Å². The quantitative estimate of drug-likeness (QED) is 0.626. The summed E-state index contributed by atoms with van der Waals surface area (Å²) in [6, 6.07) is 11.0. The number of hydrogen-bond acceptors (Lipinski definition) is 6. The van der Waals surface area contributed by atoms with Crippen LogP contribution in [0.15, 0.2) is 36.4 Å². The molecule has 3 N–H and O–H groups in total. The SMILES string of the molecule is COc1cc(C(=O)NCc2ccccc2CN(C)C)cc(OC)c1OCC(N)=O. The molecule has 0 saturated carbocycles. The number of carbonyl (C=O) groups is 2. The average molecular weight is 401 g/mol. The van der Waals surface area contributed by atoms with E-state index in [4.69, 9.17) is 19.9 Å². The minimum Gasteiger partial charge on any atom is -0.493 e. The topological polar surface area (TPSA) is 103 Å². The molecule has 0 heterocycles. The summed E-state index contributed by atoms with van der Waals surface area (Å²) < 4.78 is 16.0. The lowest BCUT2D eigenvalue weighted by atomic mass is 10.1. The predicted molar refractivity (Wildman–Crippen MR) is 109 cm³/mol. The van der Waals surface area contributed by atoms with E-state index >= 15 is 0 Å². The Morgan fingerprint density at radius 1 is 1.03 bits per heavy atom. The average Bonchev–Trinajstić information content (AvgIpc) is 2.70. The highest BCUT2D eigenvalue weighted by Crippen LogP contribution is 2.38. The molecule has 2 rings (SSSR count).